The van der Waals surface area contributed by atoms with Gasteiger partial charge in [0, 0.05) is 0 Å². The molecule has 0 fully saturated rings. The number of aliphatic hydroxyl groups excluding tert-OH is 2. The summed E-state index contributed by atoms with van der Waals surface area (Å²) in [6, 6.07) is 0. The van der Waals surface area contributed by atoms with Gasteiger partial charge in [0.1, 0.15) is 38.0 Å². The zero-order valence-corrected chi connectivity index (χ0v) is 9.67. The van der Waals surface area contributed by atoms with Crippen LogP contribution < -0.4 is 0 Å². The number of rotatable bonds is 6. The molecule has 1 aliphatic heterocycles. The first-order chi connectivity index (χ1) is 7.40. The molecule has 7 nitrogen and oxygen atoms in total. The van der Waals surface area contributed by atoms with Crippen LogP contribution in [0.25, 0.3) is 0 Å². The van der Waals surface area contributed by atoms with Gasteiger partial charge in [0.15, 0.2) is 0 Å². The molecule has 94 valence electrons. The van der Waals surface area contributed by atoms with Crippen molar-refractivity contribution in [2.24, 2.45) is 0 Å². The van der Waals surface area contributed by atoms with Gasteiger partial charge in [-0.1, -0.05) is 0 Å². The van der Waals surface area contributed by atoms with E-state index in [1.165, 1.54) is 0 Å². The highest BCUT2D eigenvalue weighted by molar-refractivity contribution is 7.85. The monoisotopic (exact) mass is 253 g/mol. The summed E-state index contributed by atoms with van der Waals surface area (Å²) >= 11 is 0. The molecule has 16 heavy (non-hydrogen) atoms. The van der Waals surface area contributed by atoms with Gasteiger partial charge < -0.3 is 10.2 Å². The summed E-state index contributed by atoms with van der Waals surface area (Å²) in [6.45, 7) is 2.13. The Labute approximate surface area is 94.4 Å². The highest BCUT2D eigenvalue weighted by Gasteiger charge is 2.22. The standard InChI is InChI=1S/C8H16N2O5S/c11-4-3-9-1-2-10(7-9)5-8(12)6-16(13,14)15/h7-8,11-12H,1-6H2/p+1. The molecule has 0 aliphatic carbocycles. The minimum Gasteiger partial charge on any atom is -0.392 e. The molecule has 1 atom stereocenters. The Kier molecular flexibility index (Phi) is 4.66. The van der Waals surface area contributed by atoms with Crippen LogP contribution in [0.15, 0.2) is 0 Å². The van der Waals surface area contributed by atoms with Gasteiger partial charge in [-0.25, -0.2) is 0 Å². The Balaban J connectivity index is 2.41. The molecule has 0 saturated carbocycles. The zero-order valence-electron chi connectivity index (χ0n) is 8.86. The molecule has 0 radical (unpaired) electrons. The first-order valence-electron chi connectivity index (χ1n) is 4.98. The topological polar surface area (TPSA) is 101 Å². The average molecular weight is 253 g/mol. The van der Waals surface area contributed by atoms with Crippen LogP contribution in [0.4, 0.5) is 0 Å². The summed E-state index contributed by atoms with van der Waals surface area (Å²) < 4.78 is 31.3. The highest BCUT2D eigenvalue weighted by atomic mass is 32.2. The maximum Gasteiger partial charge on any atom is 0.267 e. The Morgan fingerprint density at radius 1 is 1.50 bits per heavy atom. The van der Waals surface area contributed by atoms with Crippen molar-refractivity contribution >= 4 is 16.5 Å². The Morgan fingerprint density at radius 3 is 2.75 bits per heavy atom. The minimum absolute atomic E-state index is 0.0535. The van der Waals surface area contributed by atoms with E-state index in [0.717, 1.165) is 6.54 Å². The van der Waals surface area contributed by atoms with Gasteiger partial charge in [0.05, 0.1) is 6.61 Å². The fraction of sp³-hybridized carbons (Fsp3) is 0.875. The SMILES string of the molecule is O=S(=O)(O)CC(O)C[N+]1=CN(CCO)CC1. The van der Waals surface area contributed by atoms with E-state index in [4.69, 9.17) is 9.66 Å². The van der Waals surface area contributed by atoms with Crippen LogP contribution in [-0.4, -0.2) is 83.6 Å². The Bertz CT molecular complexity index is 353. The summed E-state index contributed by atoms with van der Waals surface area (Å²) in [7, 11) is -4.13. The first kappa shape index (κ1) is 13.4. The molecule has 0 spiro atoms. The van der Waals surface area contributed by atoms with Crippen molar-refractivity contribution in [3.8, 4) is 0 Å². The van der Waals surface area contributed by atoms with E-state index in [1.54, 1.807) is 10.9 Å². The molecular formula is C8H17N2O5S+. The lowest BCUT2D eigenvalue weighted by Crippen LogP contribution is -2.30. The molecule has 0 aromatic rings. The highest BCUT2D eigenvalue weighted by Crippen LogP contribution is 1.97. The van der Waals surface area contributed by atoms with Gasteiger partial charge in [0.2, 0.25) is 6.34 Å². The average Bonchev–Trinajstić information content (AvgIpc) is 2.49. The predicted molar refractivity (Wildman–Crippen MR) is 57.1 cm³/mol. The van der Waals surface area contributed by atoms with Gasteiger partial charge >= 0.3 is 0 Å². The molecule has 0 aromatic heterocycles. The smallest absolute Gasteiger partial charge is 0.267 e. The Morgan fingerprint density at radius 2 is 2.19 bits per heavy atom. The van der Waals surface area contributed by atoms with E-state index in [2.05, 4.69) is 0 Å². The van der Waals surface area contributed by atoms with Gasteiger partial charge in [0.25, 0.3) is 10.1 Å². The van der Waals surface area contributed by atoms with Crippen molar-refractivity contribution in [3.05, 3.63) is 0 Å². The molecule has 1 rings (SSSR count). The van der Waals surface area contributed by atoms with E-state index in [1.807, 2.05) is 4.90 Å². The van der Waals surface area contributed by atoms with Crippen molar-refractivity contribution in [2.45, 2.75) is 6.10 Å². The van der Waals surface area contributed by atoms with Crippen molar-refractivity contribution in [1.29, 1.82) is 0 Å². The molecule has 0 aromatic carbocycles. The second-order valence-electron chi connectivity index (χ2n) is 3.77. The van der Waals surface area contributed by atoms with Crippen molar-refractivity contribution in [1.82, 2.24) is 4.90 Å². The molecule has 0 saturated heterocycles. The number of β-amino-alcohol motifs (C(OH)–C–C–N with tert-alkyl or cyclic N) is 2. The number of nitrogens with zero attached hydrogens (tertiary/aromatic N) is 2. The van der Waals surface area contributed by atoms with Gasteiger partial charge in [-0.3, -0.25) is 14.0 Å². The van der Waals surface area contributed by atoms with E-state index < -0.39 is 22.0 Å². The van der Waals surface area contributed by atoms with E-state index >= 15 is 0 Å². The number of aliphatic hydroxyl groups is 2. The van der Waals surface area contributed by atoms with Crippen LogP contribution in [0.5, 0.6) is 0 Å². The predicted octanol–water partition coefficient (Wildman–Crippen LogP) is -2.42. The third-order valence-electron chi connectivity index (χ3n) is 2.24. The lowest BCUT2D eigenvalue weighted by Gasteiger charge is -2.07. The second kappa shape index (κ2) is 5.58. The van der Waals surface area contributed by atoms with E-state index in [-0.39, 0.29) is 13.2 Å². The molecule has 8 heteroatoms. The molecule has 0 bridgehead atoms. The minimum atomic E-state index is -4.13. The normalized spacial score (nSPS) is 18.7. The van der Waals surface area contributed by atoms with Crippen LogP contribution in [0, 0.1) is 0 Å². The number of hydrogen-bond donors (Lipinski definition) is 3. The first-order valence-corrected chi connectivity index (χ1v) is 6.59. The largest absolute Gasteiger partial charge is 0.392 e. The summed E-state index contributed by atoms with van der Waals surface area (Å²) in [5.74, 6) is -0.655. The van der Waals surface area contributed by atoms with Crippen molar-refractivity contribution < 1.29 is 27.8 Å². The quantitative estimate of drug-likeness (QED) is 0.360. The molecular weight excluding hydrogens is 236 g/mol. The van der Waals surface area contributed by atoms with Crippen LogP contribution in [0.2, 0.25) is 0 Å². The fourth-order valence-corrected chi connectivity index (χ4v) is 2.20. The van der Waals surface area contributed by atoms with Gasteiger partial charge in [-0.05, 0) is 0 Å². The lowest BCUT2D eigenvalue weighted by atomic mass is 10.4. The third-order valence-corrected chi connectivity index (χ3v) is 3.04. The van der Waals surface area contributed by atoms with Crippen molar-refractivity contribution in [2.75, 3.05) is 38.5 Å². The summed E-state index contributed by atoms with van der Waals surface area (Å²) in [5, 5.41) is 18.1. The fourth-order valence-electron chi connectivity index (χ4n) is 1.61. The van der Waals surface area contributed by atoms with Gasteiger partial charge in [-0.2, -0.15) is 8.42 Å². The molecule has 1 aliphatic rings. The number of hydrogen-bond acceptors (Lipinski definition) is 5. The molecule has 1 unspecified atom stereocenters. The Hall–Kier alpha value is -0.700. The van der Waals surface area contributed by atoms with Crippen LogP contribution in [-0.2, 0) is 10.1 Å². The van der Waals surface area contributed by atoms with Gasteiger partial charge in [-0.15, -0.1) is 0 Å². The summed E-state index contributed by atoms with van der Waals surface area (Å²) in [6.07, 6.45) is 0.629. The van der Waals surface area contributed by atoms with Crippen LogP contribution in [0.3, 0.4) is 0 Å². The summed E-state index contributed by atoms with van der Waals surface area (Å²) in [4.78, 5) is 1.88. The van der Waals surface area contributed by atoms with Crippen molar-refractivity contribution in [3.63, 3.8) is 0 Å². The lowest BCUT2D eigenvalue weighted by molar-refractivity contribution is -0.522. The molecule has 0 amide bonds. The maximum atomic E-state index is 10.5. The molecule has 1 heterocycles. The van der Waals surface area contributed by atoms with Crippen LogP contribution >= 0.6 is 0 Å². The van der Waals surface area contributed by atoms with Crippen LogP contribution in [0.1, 0.15) is 0 Å². The third kappa shape index (κ3) is 4.88. The second-order valence-corrected chi connectivity index (χ2v) is 5.27. The zero-order chi connectivity index (χ0) is 12.2. The van der Waals surface area contributed by atoms with E-state index in [0.29, 0.717) is 13.1 Å². The maximum absolute atomic E-state index is 10.5. The molecule has 3 N–H and O–H groups in total. The van der Waals surface area contributed by atoms with E-state index in [9.17, 15) is 13.5 Å². The summed E-state index contributed by atoms with van der Waals surface area (Å²) in [5.41, 5.74) is 0.